The number of benzene rings is 1. The first-order valence-electron chi connectivity index (χ1n) is 10.7. The monoisotopic (exact) mass is 424 g/mol. The Hall–Kier alpha value is -3.84. The van der Waals surface area contributed by atoms with Gasteiger partial charge in [-0.15, -0.1) is 0 Å². The average molecular weight is 425 g/mol. The zero-order valence-corrected chi connectivity index (χ0v) is 17.7. The molecule has 1 saturated heterocycles. The van der Waals surface area contributed by atoms with Crippen molar-refractivity contribution in [3.63, 3.8) is 0 Å². The maximum Gasteiger partial charge on any atom is 0.168 e. The summed E-state index contributed by atoms with van der Waals surface area (Å²) in [5.74, 6) is 0.881. The molecule has 32 heavy (non-hydrogen) atoms. The Bertz CT molecular complexity index is 1270. The molecule has 4 heterocycles. The molecule has 160 valence electrons. The SMILES string of the molecule is Nc1cnc(-c2ccccc2)cc1CC(=O)c1cnc2nc(N3CCNCC3)ccc2c1. The third kappa shape index (κ3) is 4.15. The number of nitrogen functional groups attached to an aromatic ring is 1. The molecule has 0 aliphatic carbocycles. The summed E-state index contributed by atoms with van der Waals surface area (Å²) in [5.41, 5.74) is 10.4. The molecule has 5 rings (SSSR count). The van der Waals surface area contributed by atoms with Crippen LogP contribution in [-0.4, -0.2) is 46.9 Å². The number of anilines is 2. The van der Waals surface area contributed by atoms with Gasteiger partial charge in [0, 0.05) is 55.3 Å². The van der Waals surface area contributed by atoms with E-state index in [1.54, 1.807) is 12.4 Å². The number of piperazine rings is 1. The van der Waals surface area contributed by atoms with Crippen LogP contribution in [0.2, 0.25) is 0 Å². The summed E-state index contributed by atoms with van der Waals surface area (Å²) in [5, 5.41) is 4.19. The highest BCUT2D eigenvalue weighted by atomic mass is 16.1. The van der Waals surface area contributed by atoms with Crippen molar-refractivity contribution in [3.8, 4) is 11.3 Å². The van der Waals surface area contributed by atoms with Crippen molar-refractivity contribution in [1.29, 1.82) is 0 Å². The molecule has 0 radical (unpaired) electrons. The van der Waals surface area contributed by atoms with Gasteiger partial charge in [-0.2, -0.15) is 0 Å². The van der Waals surface area contributed by atoms with E-state index in [2.05, 4.69) is 20.2 Å². The lowest BCUT2D eigenvalue weighted by molar-refractivity contribution is 0.0993. The van der Waals surface area contributed by atoms with Gasteiger partial charge in [-0.1, -0.05) is 30.3 Å². The van der Waals surface area contributed by atoms with Crippen LogP contribution < -0.4 is 16.0 Å². The van der Waals surface area contributed by atoms with Crippen LogP contribution in [0.5, 0.6) is 0 Å². The first-order chi connectivity index (χ1) is 15.7. The van der Waals surface area contributed by atoms with Gasteiger partial charge in [0.25, 0.3) is 0 Å². The summed E-state index contributed by atoms with van der Waals surface area (Å²) in [6, 6.07) is 17.6. The van der Waals surface area contributed by atoms with Crippen molar-refractivity contribution < 1.29 is 4.79 Å². The lowest BCUT2D eigenvalue weighted by Crippen LogP contribution is -2.43. The van der Waals surface area contributed by atoms with Gasteiger partial charge in [0.15, 0.2) is 11.4 Å². The van der Waals surface area contributed by atoms with Crippen LogP contribution in [0.4, 0.5) is 11.5 Å². The Kier molecular flexibility index (Phi) is 5.47. The normalized spacial score (nSPS) is 13.9. The molecule has 3 aromatic heterocycles. The second-order valence-electron chi connectivity index (χ2n) is 7.91. The Labute approximate surface area is 186 Å². The maximum atomic E-state index is 13.0. The van der Waals surface area contributed by atoms with Gasteiger partial charge < -0.3 is 16.0 Å². The summed E-state index contributed by atoms with van der Waals surface area (Å²) in [7, 11) is 0. The quantitative estimate of drug-likeness (QED) is 0.475. The van der Waals surface area contributed by atoms with E-state index in [0.717, 1.165) is 54.2 Å². The van der Waals surface area contributed by atoms with Crippen molar-refractivity contribution in [2.75, 3.05) is 36.8 Å². The molecule has 1 fully saturated rings. The highest BCUT2D eigenvalue weighted by Crippen LogP contribution is 2.23. The third-order valence-corrected chi connectivity index (χ3v) is 5.74. The van der Waals surface area contributed by atoms with E-state index >= 15 is 0 Å². The number of hydrogen-bond acceptors (Lipinski definition) is 7. The second-order valence-corrected chi connectivity index (χ2v) is 7.91. The number of nitrogens with two attached hydrogens (primary N) is 1. The molecule has 0 unspecified atom stereocenters. The fraction of sp³-hybridized carbons (Fsp3) is 0.200. The van der Waals surface area contributed by atoms with E-state index in [9.17, 15) is 4.79 Å². The van der Waals surface area contributed by atoms with Crippen molar-refractivity contribution in [1.82, 2.24) is 20.3 Å². The Morgan fingerprint density at radius 3 is 2.62 bits per heavy atom. The molecule has 0 atom stereocenters. The topological polar surface area (TPSA) is 97.0 Å². The van der Waals surface area contributed by atoms with Crippen LogP contribution in [0.15, 0.2) is 67.0 Å². The Balaban J connectivity index is 1.38. The van der Waals surface area contributed by atoms with E-state index in [-0.39, 0.29) is 12.2 Å². The molecule has 4 aromatic rings. The van der Waals surface area contributed by atoms with Gasteiger partial charge in [0.05, 0.1) is 17.6 Å². The highest BCUT2D eigenvalue weighted by Gasteiger charge is 2.15. The molecule has 1 aliphatic rings. The summed E-state index contributed by atoms with van der Waals surface area (Å²) in [6.07, 6.45) is 3.41. The molecule has 7 nitrogen and oxygen atoms in total. The maximum absolute atomic E-state index is 13.0. The first kappa shape index (κ1) is 20.1. The van der Waals surface area contributed by atoms with Gasteiger partial charge in [-0.25, -0.2) is 9.97 Å². The molecule has 0 spiro atoms. The molecule has 0 bridgehead atoms. The largest absolute Gasteiger partial charge is 0.397 e. The van der Waals surface area contributed by atoms with Crippen LogP contribution in [0.3, 0.4) is 0 Å². The Morgan fingerprint density at radius 2 is 1.81 bits per heavy atom. The number of pyridine rings is 3. The molecular formula is C25H24N6O. The van der Waals surface area contributed by atoms with Crippen molar-refractivity contribution in [2.45, 2.75) is 6.42 Å². The summed E-state index contributed by atoms with van der Waals surface area (Å²) in [6.45, 7) is 3.75. The summed E-state index contributed by atoms with van der Waals surface area (Å²) < 4.78 is 0. The summed E-state index contributed by atoms with van der Waals surface area (Å²) in [4.78, 5) is 28.8. The molecule has 1 aromatic carbocycles. The number of carbonyl (C=O) groups excluding carboxylic acids is 1. The van der Waals surface area contributed by atoms with Crippen LogP contribution in [-0.2, 0) is 6.42 Å². The van der Waals surface area contributed by atoms with Crippen LogP contribution >= 0.6 is 0 Å². The van der Waals surface area contributed by atoms with E-state index in [0.29, 0.717) is 16.9 Å². The molecule has 7 heteroatoms. The predicted octanol–water partition coefficient (Wildman–Crippen LogP) is 3.11. The van der Waals surface area contributed by atoms with Gasteiger partial charge in [0.2, 0.25) is 0 Å². The fourth-order valence-corrected chi connectivity index (χ4v) is 3.93. The zero-order chi connectivity index (χ0) is 21.9. The number of ketones is 1. The van der Waals surface area contributed by atoms with Gasteiger partial charge >= 0.3 is 0 Å². The minimum atomic E-state index is -0.0394. The van der Waals surface area contributed by atoms with Crippen LogP contribution in [0.25, 0.3) is 22.3 Å². The molecule has 0 saturated carbocycles. The number of Topliss-reactive ketones (excluding diaryl/α,β-unsaturated/α-hetero) is 1. The van der Waals surface area contributed by atoms with Gasteiger partial charge in [0.1, 0.15) is 5.82 Å². The average Bonchev–Trinajstić information content (AvgIpc) is 2.85. The molecule has 1 aliphatic heterocycles. The summed E-state index contributed by atoms with van der Waals surface area (Å²) >= 11 is 0. The smallest absolute Gasteiger partial charge is 0.168 e. The second kappa shape index (κ2) is 8.72. The predicted molar refractivity (Wildman–Crippen MR) is 127 cm³/mol. The van der Waals surface area contributed by atoms with Crippen LogP contribution in [0, 0.1) is 0 Å². The Morgan fingerprint density at radius 1 is 1.00 bits per heavy atom. The first-order valence-corrected chi connectivity index (χ1v) is 10.7. The van der Waals surface area contributed by atoms with Crippen molar-refractivity contribution in [3.05, 3.63) is 78.1 Å². The minimum absolute atomic E-state index is 0.0394. The van der Waals surface area contributed by atoms with Crippen LogP contribution in [0.1, 0.15) is 15.9 Å². The van der Waals surface area contributed by atoms with E-state index in [1.165, 1.54) is 0 Å². The van der Waals surface area contributed by atoms with Gasteiger partial charge in [-0.3, -0.25) is 9.78 Å². The number of aromatic nitrogens is 3. The number of nitrogens with zero attached hydrogens (tertiary/aromatic N) is 4. The fourth-order valence-electron chi connectivity index (χ4n) is 3.93. The number of rotatable bonds is 5. The van der Waals surface area contributed by atoms with E-state index in [4.69, 9.17) is 10.7 Å². The number of hydrogen-bond donors (Lipinski definition) is 2. The van der Waals surface area contributed by atoms with E-state index < -0.39 is 0 Å². The molecular weight excluding hydrogens is 400 g/mol. The molecule has 3 N–H and O–H groups in total. The van der Waals surface area contributed by atoms with Crippen molar-refractivity contribution >= 4 is 28.3 Å². The zero-order valence-electron chi connectivity index (χ0n) is 17.7. The third-order valence-electron chi connectivity index (χ3n) is 5.74. The van der Waals surface area contributed by atoms with E-state index in [1.807, 2.05) is 54.6 Å². The number of fused-ring (bicyclic) bond motifs is 1. The lowest BCUT2D eigenvalue weighted by atomic mass is 10.0. The number of carbonyl (C=O) groups is 1. The standard InChI is InChI=1S/C25H24N6O/c26-21-16-28-22(17-4-2-1-3-5-17)13-19(21)14-23(32)20-12-18-6-7-24(30-25(18)29-15-20)31-10-8-27-9-11-31/h1-7,12-13,15-16,27H,8-11,14,26H2. The van der Waals surface area contributed by atoms with Gasteiger partial charge in [-0.05, 0) is 29.8 Å². The van der Waals surface area contributed by atoms with Crippen molar-refractivity contribution in [2.24, 2.45) is 0 Å². The lowest BCUT2D eigenvalue weighted by Gasteiger charge is -2.28. The molecule has 0 amide bonds. The highest BCUT2D eigenvalue weighted by molar-refractivity contribution is 6.00. The minimum Gasteiger partial charge on any atom is -0.397 e. The number of nitrogens with one attached hydrogen (secondary N) is 1.